The van der Waals surface area contributed by atoms with Crippen LogP contribution >= 0.6 is 0 Å². The molecule has 2 aliphatic heterocycles. The Labute approximate surface area is 190 Å². The van der Waals surface area contributed by atoms with E-state index in [4.69, 9.17) is 5.14 Å². The number of aromatic nitrogens is 4. The molecule has 2 atom stereocenters. The number of amides is 1. The summed E-state index contributed by atoms with van der Waals surface area (Å²) in [6.07, 6.45) is 1.60. The van der Waals surface area contributed by atoms with Crippen LogP contribution in [0.2, 0.25) is 0 Å². The van der Waals surface area contributed by atoms with Gasteiger partial charge in [-0.05, 0) is 49.9 Å². The molecule has 2 saturated heterocycles. The number of piperidine rings is 1. The number of hydrogen-bond donors (Lipinski definition) is 4. The first-order valence-corrected chi connectivity index (χ1v) is 13.1. The molecule has 0 aliphatic carbocycles. The Bertz CT molecular complexity index is 1270. The van der Waals surface area contributed by atoms with Crippen LogP contribution in [0.4, 0.5) is 5.69 Å². The van der Waals surface area contributed by atoms with Crippen LogP contribution in [0.15, 0.2) is 26.9 Å². The van der Waals surface area contributed by atoms with E-state index in [1.165, 1.54) is 11.0 Å². The van der Waals surface area contributed by atoms with Crippen LogP contribution in [-0.2, 0) is 24.8 Å². The van der Waals surface area contributed by atoms with Gasteiger partial charge in [0.2, 0.25) is 25.9 Å². The largest absolute Gasteiger partial charge is 0.315 e. The number of sulfonamides is 2. The first kappa shape index (κ1) is 23.4. The molecule has 14 nitrogen and oxygen atoms in total. The highest BCUT2D eigenvalue weighted by Crippen LogP contribution is 2.39. The summed E-state index contributed by atoms with van der Waals surface area (Å²) in [6.45, 7) is 4.71. The molecule has 33 heavy (non-hydrogen) atoms. The molecule has 0 bridgehead atoms. The number of benzene rings is 1. The number of nitrogens with one attached hydrogen (secondary N) is 3. The highest BCUT2D eigenvalue weighted by Gasteiger charge is 2.37. The van der Waals surface area contributed by atoms with Crippen molar-refractivity contribution in [1.29, 1.82) is 0 Å². The van der Waals surface area contributed by atoms with Crippen LogP contribution in [0, 0.1) is 0 Å². The van der Waals surface area contributed by atoms with Gasteiger partial charge < -0.3 is 10.2 Å². The van der Waals surface area contributed by atoms with E-state index in [1.54, 1.807) is 0 Å². The van der Waals surface area contributed by atoms with Crippen molar-refractivity contribution in [3.63, 3.8) is 0 Å². The summed E-state index contributed by atoms with van der Waals surface area (Å²) in [5.41, 5.74) is -0.156. The smallest absolute Gasteiger partial charge is 0.251 e. The number of H-pyrrole nitrogens is 1. The lowest BCUT2D eigenvalue weighted by atomic mass is 10.0. The van der Waals surface area contributed by atoms with E-state index in [1.807, 2.05) is 0 Å². The topological polar surface area (TPSA) is 205 Å². The average Bonchev–Trinajstić information content (AvgIpc) is 3.46. The highest BCUT2D eigenvalue weighted by molar-refractivity contribution is 7.92. The van der Waals surface area contributed by atoms with Crippen LogP contribution in [0.5, 0.6) is 0 Å². The number of anilines is 1. The van der Waals surface area contributed by atoms with E-state index < -0.39 is 47.8 Å². The van der Waals surface area contributed by atoms with E-state index in [9.17, 15) is 21.6 Å². The molecule has 3 heterocycles. The molecule has 2 aliphatic rings. The Kier molecular flexibility index (Phi) is 6.28. The van der Waals surface area contributed by atoms with E-state index in [-0.39, 0.29) is 23.6 Å². The third-order valence-corrected chi connectivity index (χ3v) is 8.23. The Balaban J connectivity index is 1.95. The molecule has 4 rings (SSSR count). The maximum absolute atomic E-state index is 13.2. The summed E-state index contributed by atoms with van der Waals surface area (Å²) in [6, 6.07) is 1.32. The maximum Gasteiger partial charge on any atom is 0.251 e. The number of aromatic amines is 1. The van der Waals surface area contributed by atoms with E-state index in [0.717, 1.165) is 6.07 Å². The fourth-order valence-electron chi connectivity index (χ4n) is 4.06. The van der Waals surface area contributed by atoms with E-state index in [2.05, 4.69) is 42.4 Å². The second-order valence-corrected chi connectivity index (χ2v) is 10.9. The number of nitrogens with zero attached hydrogens (tertiary/aromatic N) is 5. The van der Waals surface area contributed by atoms with Crippen molar-refractivity contribution in [2.24, 2.45) is 10.1 Å². The SMILES string of the molecule is C=NC1CCCN(c2ccc(S(=O)(=O)N[C@@H]3CCNC3)c(S(N)(=O)=O)c2-c2nn[nH]n2)C1=O. The van der Waals surface area contributed by atoms with Crippen molar-refractivity contribution in [2.75, 3.05) is 24.5 Å². The third kappa shape index (κ3) is 4.51. The standard InChI is InChI=1S/C17H23N9O5S2/c1-19-11-3-2-8-26(17(11)27)12-4-5-13(33(30,31)23-10-6-7-20-9-10)15(32(18,28)29)14(12)16-21-24-25-22-16/h4-5,10-11,20,23H,1-3,6-9H2,(H2,18,28,29)(H,21,22,24,25)/t10-,11?/m1/s1. The summed E-state index contributed by atoms with van der Waals surface area (Å²) in [4.78, 5) is 16.8. The second-order valence-electron chi connectivity index (χ2n) is 7.71. The van der Waals surface area contributed by atoms with Crippen molar-refractivity contribution in [3.05, 3.63) is 12.1 Å². The Morgan fingerprint density at radius 2 is 2.03 bits per heavy atom. The third-order valence-electron chi connectivity index (χ3n) is 5.55. The van der Waals surface area contributed by atoms with Gasteiger partial charge in [-0.25, -0.2) is 26.7 Å². The molecular formula is C17H23N9O5S2. The zero-order chi connectivity index (χ0) is 23.8. The lowest BCUT2D eigenvalue weighted by Crippen LogP contribution is -2.44. The average molecular weight is 498 g/mol. The van der Waals surface area contributed by atoms with Crippen LogP contribution in [-0.4, -0.2) is 81.8 Å². The lowest BCUT2D eigenvalue weighted by molar-refractivity contribution is -0.120. The van der Waals surface area contributed by atoms with Gasteiger partial charge >= 0.3 is 0 Å². The summed E-state index contributed by atoms with van der Waals surface area (Å²) >= 11 is 0. The molecule has 2 aromatic rings. The highest BCUT2D eigenvalue weighted by atomic mass is 32.2. The molecule has 0 spiro atoms. The summed E-state index contributed by atoms with van der Waals surface area (Å²) in [5, 5.41) is 21.9. The monoisotopic (exact) mass is 497 g/mol. The van der Waals surface area contributed by atoms with Crippen molar-refractivity contribution in [3.8, 4) is 11.4 Å². The summed E-state index contributed by atoms with van der Waals surface area (Å²) in [7, 11) is -8.95. The first-order valence-electron chi connectivity index (χ1n) is 10.1. The van der Waals surface area contributed by atoms with Gasteiger partial charge in [0.25, 0.3) is 5.91 Å². The first-order chi connectivity index (χ1) is 15.6. The predicted molar refractivity (Wildman–Crippen MR) is 118 cm³/mol. The predicted octanol–water partition coefficient (Wildman–Crippen LogP) is -1.65. The van der Waals surface area contributed by atoms with Gasteiger partial charge in [0.05, 0.1) is 11.3 Å². The van der Waals surface area contributed by atoms with Crippen molar-refractivity contribution >= 4 is 38.4 Å². The van der Waals surface area contributed by atoms with Gasteiger partial charge in [0, 0.05) is 19.1 Å². The van der Waals surface area contributed by atoms with Gasteiger partial charge in [-0.15, -0.1) is 10.2 Å². The summed E-state index contributed by atoms with van der Waals surface area (Å²) < 4.78 is 54.4. The molecule has 178 valence electrons. The minimum Gasteiger partial charge on any atom is -0.315 e. The Morgan fingerprint density at radius 1 is 1.24 bits per heavy atom. The van der Waals surface area contributed by atoms with Crippen LogP contribution in [0.3, 0.4) is 0 Å². The second kappa shape index (κ2) is 8.86. The molecule has 0 saturated carbocycles. The summed E-state index contributed by atoms with van der Waals surface area (Å²) in [5.74, 6) is -0.637. The molecule has 1 aromatic carbocycles. The van der Waals surface area contributed by atoms with Gasteiger partial charge in [0.15, 0.2) is 0 Å². The fourth-order valence-corrected chi connectivity index (χ4v) is 6.93. The molecule has 1 amide bonds. The number of primary sulfonamides is 1. The van der Waals surface area contributed by atoms with Gasteiger partial charge in [-0.1, -0.05) is 0 Å². The zero-order valence-electron chi connectivity index (χ0n) is 17.4. The van der Waals surface area contributed by atoms with Crippen molar-refractivity contribution in [2.45, 2.75) is 41.1 Å². The van der Waals surface area contributed by atoms with E-state index >= 15 is 0 Å². The molecule has 1 unspecified atom stereocenters. The molecule has 5 N–H and O–H groups in total. The minimum absolute atomic E-state index is 0.0836. The van der Waals surface area contributed by atoms with Crippen molar-refractivity contribution in [1.82, 2.24) is 30.7 Å². The molecule has 0 radical (unpaired) electrons. The van der Waals surface area contributed by atoms with Crippen LogP contribution in [0.25, 0.3) is 11.4 Å². The number of rotatable bonds is 7. The number of hydrogen-bond acceptors (Lipinski definition) is 10. The lowest BCUT2D eigenvalue weighted by Gasteiger charge is -2.32. The molecule has 2 fully saturated rings. The number of carbonyl (C=O) groups is 1. The number of nitrogens with two attached hydrogens (primary N) is 1. The van der Waals surface area contributed by atoms with Gasteiger partial charge in [-0.3, -0.25) is 9.79 Å². The zero-order valence-corrected chi connectivity index (χ0v) is 19.1. The Hall–Kier alpha value is -2.79. The van der Waals surface area contributed by atoms with Crippen LogP contribution < -0.4 is 20.1 Å². The fraction of sp³-hybridized carbons (Fsp3) is 0.471. The van der Waals surface area contributed by atoms with Gasteiger partial charge in [0.1, 0.15) is 15.8 Å². The number of tetrazole rings is 1. The molecule has 16 heteroatoms. The van der Waals surface area contributed by atoms with Gasteiger partial charge in [-0.2, -0.15) is 5.21 Å². The molecule has 1 aromatic heterocycles. The number of aliphatic imine (C=N–C) groups is 1. The van der Waals surface area contributed by atoms with E-state index in [0.29, 0.717) is 32.4 Å². The number of carbonyl (C=O) groups excluding carboxylic acids is 1. The van der Waals surface area contributed by atoms with Crippen molar-refractivity contribution < 1.29 is 21.6 Å². The minimum atomic E-state index is -4.63. The molecular weight excluding hydrogens is 474 g/mol. The normalized spacial score (nSPS) is 22.0. The maximum atomic E-state index is 13.2. The van der Waals surface area contributed by atoms with Crippen LogP contribution in [0.1, 0.15) is 19.3 Å². The Morgan fingerprint density at radius 3 is 2.64 bits per heavy atom. The quantitative estimate of drug-likeness (QED) is 0.323.